The molecule has 0 N–H and O–H groups in total. The van der Waals surface area contributed by atoms with E-state index in [1.54, 1.807) is 0 Å². The topological polar surface area (TPSA) is 0 Å². The van der Waals surface area contributed by atoms with Gasteiger partial charge in [-0.1, -0.05) is 0 Å². The van der Waals surface area contributed by atoms with Crippen molar-refractivity contribution in [3.63, 3.8) is 0 Å². The van der Waals surface area contributed by atoms with E-state index >= 15 is 0 Å². The third kappa shape index (κ3) is 1.77. The zero-order chi connectivity index (χ0) is 10.1. The van der Waals surface area contributed by atoms with Crippen LogP contribution in [-0.2, 0) is 0 Å². The Morgan fingerprint density at radius 1 is 0.800 bits per heavy atom. The molecular formula is C12H8S2Se. The van der Waals surface area contributed by atoms with E-state index in [4.69, 9.17) is 0 Å². The Morgan fingerprint density at radius 3 is 1.73 bits per heavy atom. The van der Waals surface area contributed by atoms with E-state index in [9.17, 15) is 0 Å². The zero-order valence-corrected chi connectivity index (χ0v) is 11.2. The Labute approximate surface area is 103 Å². The molecule has 3 rings (SSSR count). The van der Waals surface area contributed by atoms with Crippen molar-refractivity contribution in [3.05, 3.63) is 44.9 Å². The van der Waals surface area contributed by atoms with Gasteiger partial charge in [0.1, 0.15) is 0 Å². The van der Waals surface area contributed by atoms with Crippen LogP contribution in [0.4, 0.5) is 0 Å². The number of hydrogen-bond acceptors (Lipinski definition) is 2. The molecule has 0 aromatic carbocycles. The molecule has 15 heavy (non-hydrogen) atoms. The van der Waals surface area contributed by atoms with Gasteiger partial charge in [0.25, 0.3) is 0 Å². The first-order valence-corrected chi connectivity index (χ1v) is 8.33. The second kappa shape index (κ2) is 4.11. The summed E-state index contributed by atoms with van der Waals surface area (Å²) >= 11 is 4.19. The molecule has 0 aliphatic rings. The normalized spacial score (nSPS) is 10.7. The average Bonchev–Trinajstić information content (AvgIpc) is 3.01. The Balaban J connectivity index is 2.15. The molecule has 3 aromatic heterocycles. The van der Waals surface area contributed by atoms with Crippen LogP contribution in [-0.4, -0.2) is 14.5 Å². The van der Waals surface area contributed by atoms with Gasteiger partial charge in [-0.15, -0.1) is 0 Å². The van der Waals surface area contributed by atoms with E-state index in [-0.39, 0.29) is 0 Å². The summed E-state index contributed by atoms with van der Waals surface area (Å²) in [6, 6.07) is 8.66. The Kier molecular flexibility index (Phi) is 2.63. The van der Waals surface area contributed by atoms with Gasteiger partial charge in [0.2, 0.25) is 0 Å². The Bertz CT molecular complexity index is 483. The maximum absolute atomic E-state index is 2.38. The van der Waals surface area contributed by atoms with E-state index in [1.807, 2.05) is 22.7 Å². The standard InChI is InChI=1S/C12H8S2Se/c1-3-11(13-5-1)9-7-15-8-10(9)12-4-2-6-14-12/h1-8H. The van der Waals surface area contributed by atoms with Crippen molar-refractivity contribution in [1.29, 1.82) is 0 Å². The van der Waals surface area contributed by atoms with Crippen LogP contribution in [0.15, 0.2) is 44.9 Å². The molecule has 0 unspecified atom stereocenters. The molecular weight excluding hydrogens is 287 g/mol. The van der Waals surface area contributed by atoms with Crippen LogP contribution in [0.25, 0.3) is 20.9 Å². The van der Waals surface area contributed by atoms with Gasteiger partial charge < -0.3 is 0 Å². The van der Waals surface area contributed by atoms with Crippen molar-refractivity contribution < 1.29 is 0 Å². The van der Waals surface area contributed by atoms with Crippen molar-refractivity contribution in [1.82, 2.24) is 0 Å². The first-order chi connectivity index (χ1) is 7.45. The minimum absolute atomic E-state index is 0.540. The predicted octanol–water partition coefficient (Wildman–Crippen LogP) is 4.20. The SMILES string of the molecule is c1csc(-c2c[se]cc2-c2cccs2)c1. The molecule has 0 amide bonds. The fraction of sp³-hybridized carbons (Fsp3) is 0. The second-order valence-corrected chi connectivity index (χ2v) is 6.61. The fourth-order valence-corrected chi connectivity index (χ4v) is 5.17. The van der Waals surface area contributed by atoms with Gasteiger partial charge in [-0.3, -0.25) is 0 Å². The Morgan fingerprint density at radius 2 is 1.33 bits per heavy atom. The first-order valence-electron chi connectivity index (χ1n) is 4.59. The fourth-order valence-electron chi connectivity index (χ4n) is 1.54. The van der Waals surface area contributed by atoms with Gasteiger partial charge in [-0.25, -0.2) is 0 Å². The van der Waals surface area contributed by atoms with Gasteiger partial charge in [-0.05, 0) is 0 Å². The van der Waals surface area contributed by atoms with Crippen LogP contribution in [0.1, 0.15) is 0 Å². The number of rotatable bonds is 2. The molecule has 3 aromatic rings. The van der Waals surface area contributed by atoms with Crippen molar-refractivity contribution >= 4 is 37.2 Å². The third-order valence-electron chi connectivity index (χ3n) is 2.24. The van der Waals surface area contributed by atoms with E-state index < -0.39 is 0 Å². The van der Waals surface area contributed by atoms with Crippen LogP contribution in [0, 0.1) is 0 Å². The summed E-state index contributed by atoms with van der Waals surface area (Å²) in [5.41, 5.74) is 2.87. The van der Waals surface area contributed by atoms with E-state index in [0.717, 1.165) is 0 Å². The molecule has 0 bridgehead atoms. The van der Waals surface area contributed by atoms with Gasteiger partial charge in [0, 0.05) is 0 Å². The molecule has 0 saturated carbocycles. The van der Waals surface area contributed by atoms with Gasteiger partial charge in [0.15, 0.2) is 0 Å². The number of hydrogen-bond donors (Lipinski definition) is 0. The van der Waals surface area contributed by atoms with Crippen molar-refractivity contribution in [3.8, 4) is 20.9 Å². The monoisotopic (exact) mass is 296 g/mol. The van der Waals surface area contributed by atoms with Crippen molar-refractivity contribution in [2.45, 2.75) is 0 Å². The van der Waals surface area contributed by atoms with Crippen molar-refractivity contribution in [2.24, 2.45) is 0 Å². The van der Waals surface area contributed by atoms with E-state index in [1.165, 1.54) is 20.9 Å². The summed E-state index contributed by atoms with van der Waals surface area (Å²) in [6.07, 6.45) is 0. The van der Waals surface area contributed by atoms with Crippen molar-refractivity contribution in [2.75, 3.05) is 0 Å². The minimum atomic E-state index is 0.540. The first kappa shape index (κ1) is 9.61. The van der Waals surface area contributed by atoms with Crippen LogP contribution in [0.5, 0.6) is 0 Å². The molecule has 0 saturated heterocycles. The Hall–Kier alpha value is -0.601. The van der Waals surface area contributed by atoms with Crippen LogP contribution in [0.2, 0.25) is 0 Å². The summed E-state index contributed by atoms with van der Waals surface area (Å²) in [5.74, 6) is 0. The second-order valence-electron chi connectivity index (χ2n) is 3.15. The summed E-state index contributed by atoms with van der Waals surface area (Å²) < 4.78 is 0. The summed E-state index contributed by atoms with van der Waals surface area (Å²) in [7, 11) is 0. The van der Waals surface area contributed by atoms with Gasteiger partial charge in [0.05, 0.1) is 0 Å². The van der Waals surface area contributed by atoms with Gasteiger partial charge in [-0.2, -0.15) is 0 Å². The molecule has 74 valence electrons. The summed E-state index contributed by atoms with van der Waals surface area (Å²) in [5, 5.41) is 4.29. The molecule has 0 aliphatic carbocycles. The third-order valence-corrected chi connectivity index (χ3v) is 5.60. The molecule has 3 heteroatoms. The molecule has 0 spiro atoms. The molecule has 3 heterocycles. The molecule has 0 aliphatic heterocycles. The molecule has 0 fully saturated rings. The van der Waals surface area contributed by atoms with Gasteiger partial charge >= 0.3 is 103 Å². The summed E-state index contributed by atoms with van der Waals surface area (Å²) in [4.78, 5) is 7.56. The van der Waals surface area contributed by atoms with Crippen LogP contribution >= 0.6 is 22.7 Å². The van der Waals surface area contributed by atoms with Crippen LogP contribution in [0.3, 0.4) is 0 Å². The molecule has 0 atom stereocenters. The van der Waals surface area contributed by atoms with E-state index in [0.29, 0.717) is 14.5 Å². The average molecular weight is 295 g/mol. The summed E-state index contributed by atoms with van der Waals surface area (Å²) in [6.45, 7) is 0. The maximum atomic E-state index is 2.38. The quantitative estimate of drug-likeness (QED) is 0.622. The molecule has 0 nitrogen and oxygen atoms in total. The predicted molar refractivity (Wildman–Crippen MR) is 70.0 cm³/mol. The van der Waals surface area contributed by atoms with E-state index in [2.05, 4.69) is 44.9 Å². The number of thiophene rings is 2. The van der Waals surface area contributed by atoms with Crippen LogP contribution < -0.4 is 0 Å². The molecule has 0 radical (unpaired) electrons. The zero-order valence-electron chi connectivity index (χ0n) is 7.84.